The van der Waals surface area contributed by atoms with Gasteiger partial charge in [-0.2, -0.15) is 0 Å². The van der Waals surface area contributed by atoms with Crippen molar-refractivity contribution in [2.75, 3.05) is 0 Å². The van der Waals surface area contributed by atoms with Gasteiger partial charge in [0.1, 0.15) is 0 Å². The van der Waals surface area contributed by atoms with E-state index >= 15 is 0 Å². The lowest BCUT2D eigenvalue weighted by Crippen LogP contribution is -2.51. The van der Waals surface area contributed by atoms with Gasteiger partial charge in [-0.15, -0.1) is 0 Å². The Labute approximate surface area is 106 Å². The first-order chi connectivity index (χ1) is 8.05. The van der Waals surface area contributed by atoms with Crippen molar-refractivity contribution in [3.8, 4) is 0 Å². The molecule has 2 nitrogen and oxygen atoms in total. The highest BCUT2D eigenvalue weighted by Gasteiger charge is 2.46. The zero-order valence-electron chi connectivity index (χ0n) is 11.6. The van der Waals surface area contributed by atoms with Crippen molar-refractivity contribution in [1.82, 2.24) is 0 Å². The SMILES string of the molecule is CCC1CCCCC1C1(O)CC(C)OC(C)C1. The largest absolute Gasteiger partial charge is 0.389 e. The molecule has 2 fully saturated rings. The molecule has 1 aliphatic carbocycles. The smallest absolute Gasteiger partial charge is 0.0727 e. The van der Waals surface area contributed by atoms with E-state index in [2.05, 4.69) is 20.8 Å². The molecule has 17 heavy (non-hydrogen) atoms. The molecule has 0 radical (unpaired) electrons. The van der Waals surface area contributed by atoms with Crippen LogP contribution in [0.3, 0.4) is 0 Å². The van der Waals surface area contributed by atoms with Gasteiger partial charge in [0.2, 0.25) is 0 Å². The summed E-state index contributed by atoms with van der Waals surface area (Å²) in [6.45, 7) is 6.48. The summed E-state index contributed by atoms with van der Waals surface area (Å²) in [6.07, 6.45) is 8.49. The Morgan fingerprint density at radius 3 is 2.29 bits per heavy atom. The Kier molecular flexibility index (Phi) is 4.14. The molecule has 1 N–H and O–H groups in total. The molecule has 1 heterocycles. The summed E-state index contributed by atoms with van der Waals surface area (Å²) in [6, 6.07) is 0. The molecule has 2 aliphatic rings. The Hall–Kier alpha value is -0.0800. The summed E-state index contributed by atoms with van der Waals surface area (Å²) in [5.74, 6) is 1.24. The summed E-state index contributed by atoms with van der Waals surface area (Å²) >= 11 is 0. The van der Waals surface area contributed by atoms with Gasteiger partial charge >= 0.3 is 0 Å². The fourth-order valence-corrected chi connectivity index (χ4v) is 4.28. The fourth-order valence-electron chi connectivity index (χ4n) is 4.28. The van der Waals surface area contributed by atoms with Gasteiger partial charge in [0, 0.05) is 12.8 Å². The number of ether oxygens (including phenoxy) is 1. The minimum atomic E-state index is -0.460. The maximum Gasteiger partial charge on any atom is 0.0727 e. The van der Waals surface area contributed by atoms with Gasteiger partial charge in [0.05, 0.1) is 17.8 Å². The molecule has 1 saturated heterocycles. The molecule has 2 heteroatoms. The molecule has 1 aliphatic heterocycles. The summed E-state index contributed by atoms with van der Waals surface area (Å²) in [5, 5.41) is 11.1. The standard InChI is InChI=1S/C15H28O2/c1-4-13-7-5-6-8-14(13)15(16)9-11(2)17-12(3)10-15/h11-14,16H,4-10H2,1-3H3. The van der Waals surface area contributed by atoms with Crippen molar-refractivity contribution in [2.24, 2.45) is 11.8 Å². The number of rotatable bonds is 2. The van der Waals surface area contributed by atoms with Crippen molar-refractivity contribution in [2.45, 2.75) is 83.5 Å². The van der Waals surface area contributed by atoms with E-state index in [4.69, 9.17) is 4.74 Å². The third kappa shape index (κ3) is 2.85. The molecular formula is C15H28O2. The van der Waals surface area contributed by atoms with Crippen LogP contribution in [0.15, 0.2) is 0 Å². The van der Waals surface area contributed by atoms with Crippen LogP contribution in [0.5, 0.6) is 0 Å². The number of aliphatic hydroxyl groups is 1. The molecule has 100 valence electrons. The van der Waals surface area contributed by atoms with Crippen LogP contribution in [0.1, 0.15) is 65.7 Å². The van der Waals surface area contributed by atoms with E-state index in [1.54, 1.807) is 0 Å². The molecule has 0 aromatic heterocycles. The van der Waals surface area contributed by atoms with E-state index in [1.165, 1.54) is 32.1 Å². The molecule has 0 aromatic carbocycles. The molecule has 0 amide bonds. The predicted octanol–water partition coefficient (Wildman–Crippen LogP) is 3.52. The Balaban J connectivity index is 2.11. The molecule has 4 unspecified atom stereocenters. The summed E-state index contributed by atoms with van der Waals surface area (Å²) in [4.78, 5) is 0. The van der Waals surface area contributed by atoms with Crippen LogP contribution < -0.4 is 0 Å². The van der Waals surface area contributed by atoms with Crippen LogP contribution in [0.25, 0.3) is 0 Å². The van der Waals surface area contributed by atoms with Crippen molar-refractivity contribution < 1.29 is 9.84 Å². The highest BCUT2D eigenvalue weighted by Crippen LogP contribution is 2.45. The first-order valence-electron chi connectivity index (χ1n) is 7.43. The second-order valence-electron chi connectivity index (χ2n) is 6.33. The molecule has 4 atom stereocenters. The normalized spacial score (nSPS) is 48.0. The lowest BCUT2D eigenvalue weighted by atomic mass is 9.65. The molecule has 0 spiro atoms. The number of hydrogen-bond acceptors (Lipinski definition) is 2. The number of hydrogen-bond donors (Lipinski definition) is 1. The monoisotopic (exact) mass is 240 g/mol. The Morgan fingerprint density at radius 2 is 1.71 bits per heavy atom. The summed E-state index contributed by atoms with van der Waals surface area (Å²) in [7, 11) is 0. The highest BCUT2D eigenvalue weighted by molar-refractivity contribution is 4.96. The average Bonchev–Trinajstić information content (AvgIpc) is 2.27. The maximum absolute atomic E-state index is 11.1. The van der Waals surface area contributed by atoms with Gasteiger partial charge in [-0.3, -0.25) is 0 Å². The quantitative estimate of drug-likeness (QED) is 0.800. The van der Waals surface area contributed by atoms with E-state index < -0.39 is 5.60 Å². The minimum absolute atomic E-state index is 0.211. The Morgan fingerprint density at radius 1 is 1.12 bits per heavy atom. The first kappa shape index (κ1) is 13.4. The van der Waals surface area contributed by atoms with Gasteiger partial charge in [-0.05, 0) is 32.1 Å². The molecule has 0 bridgehead atoms. The average molecular weight is 240 g/mol. The summed E-state index contributed by atoms with van der Waals surface area (Å²) in [5.41, 5.74) is -0.460. The van der Waals surface area contributed by atoms with Gasteiger partial charge < -0.3 is 9.84 Å². The third-order valence-corrected chi connectivity index (χ3v) is 4.87. The third-order valence-electron chi connectivity index (χ3n) is 4.87. The van der Waals surface area contributed by atoms with E-state index in [-0.39, 0.29) is 12.2 Å². The minimum Gasteiger partial charge on any atom is -0.389 e. The first-order valence-corrected chi connectivity index (χ1v) is 7.43. The second kappa shape index (κ2) is 5.27. The van der Waals surface area contributed by atoms with Crippen LogP contribution in [0.2, 0.25) is 0 Å². The molecular weight excluding hydrogens is 212 g/mol. The molecule has 2 rings (SSSR count). The van der Waals surface area contributed by atoms with Gasteiger partial charge in [0.25, 0.3) is 0 Å². The van der Waals surface area contributed by atoms with E-state index in [0.29, 0.717) is 5.92 Å². The van der Waals surface area contributed by atoms with Crippen molar-refractivity contribution >= 4 is 0 Å². The van der Waals surface area contributed by atoms with Crippen LogP contribution in [-0.4, -0.2) is 22.9 Å². The van der Waals surface area contributed by atoms with Crippen molar-refractivity contribution in [3.63, 3.8) is 0 Å². The van der Waals surface area contributed by atoms with Crippen LogP contribution in [-0.2, 0) is 4.74 Å². The van der Waals surface area contributed by atoms with Crippen LogP contribution in [0, 0.1) is 11.8 Å². The van der Waals surface area contributed by atoms with E-state index in [9.17, 15) is 5.11 Å². The van der Waals surface area contributed by atoms with E-state index in [1.807, 2.05) is 0 Å². The fraction of sp³-hybridized carbons (Fsp3) is 1.00. The van der Waals surface area contributed by atoms with Gasteiger partial charge in [-0.25, -0.2) is 0 Å². The summed E-state index contributed by atoms with van der Waals surface area (Å²) < 4.78 is 5.78. The van der Waals surface area contributed by atoms with Crippen LogP contribution >= 0.6 is 0 Å². The van der Waals surface area contributed by atoms with Gasteiger partial charge in [0.15, 0.2) is 0 Å². The zero-order chi connectivity index (χ0) is 12.5. The van der Waals surface area contributed by atoms with Crippen molar-refractivity contribution in [3.05, 3.63) is 0 Å². The van der Waals surface area contributed by atoms with Crippen molar-refractivity contribution in [1.29, 1.82) is 0 Å². The topological polar surface area (TPSA) is 29.5 Å². The van der Waals surface area contributed by atoms with E-state index in [0.717, 1.165) is 18.8 Å². The Bertz CT molecular complexity index is 241. The molecule has 0 aromatic rings. The lowest BCUT2D eigenvalue weighted by Gasteiger charge is -2.48. The van der Waals surface area contributed by atoms with Crippen LogP contribution in [0.4, 0.5) is 0 Å². The predicted molar refractivity (Wildman–Crippen MR) is 69.9 cm³/mol. The highest BCUT2D eigenvalue weighted by atomic mass is 16.5. The van der Waals surface area contributed by atoms with Gasteiger partial charge in [-0.1, -0.05) is 32.6 Å². The molecule has 1 saturated carbocycles. The lowest BCUT2D eigenvalue weighted by molar-refractivity contribution is -0.169. The zero-order valence-corrected chi connectivity index (χ0v) is 11.6. The second-order valence-corrected chi connectivity index (χ2v) is 6.33. The maximum atomic E-state index is 11.1.